The molecule has 0 saturated carbocycles. The number of rotatable bonds is 2. The molecule has 0 aliphatic carbocycles. The van der Waals surface area contributed by atoms with Crippen LogP contribution in [0.4, 0.5) is 11.8 Å². The van der Waals surface area contributed by atoms with Gasteiger partial charge in [0, 0.05) is 5.56 Å². The zero-order valence-corrected chi connectivity index (χ0v) is 13.5. The molecule has 0 bridgehead atoms. The highest BCUT2D eigenvalue weighted by Gasteiger charge is 2.16. The van der Waals surface area contributed by atoms with Crippen LogP contribution in [0.15, 0.2) is 42.5 Å². The van der Waals surface area contributed by atoms with E-state index in [2.05, 4.69) is 48.1 Å². The van der Waals surface area contributed by atoms with E-state index in [1.54, 1.807) is 0 Å². The number of nitrogens with two attached hydrogens (primary N) is 2. The van der Waals surface area contributed by atoms with Crippen molar-refractivity contribution in [2.24, 2.45) is 0 Å². The van der Waals surface area contributed by atoms with E-state index in [4.69, 9.17) is 11.5 Å². The number of nitriles is 1. The maximum absolute atomic E-state index is 9.44. The number of aromatic nitrogens is 2. The number of benzene rings is 2. The van der Waals surface area contributed by atoms with E-state index < -0.39 is 0 Å². The van der Waals surface area contributed by atoms with Crippen molar-refractivity contribution in [1.82, 2.24) is 9.97 Å². The van der Waals surface area contributed by atoms with Gasteiger partial charge in [-0.25, -0.2) is 4.98 Å². The standard InChI is InChI=1S/C19H17N5/c1-11-7-8-13(9-12(11)2)14-5-3-4-6-15(14)17-16(10-20)18(21)24-19(22)23-17/h3-9H,1-2H3,(H4,21,22,23,24). The molecule has 5 nitrogen and oxygen atoms in total. The molecule has 0 aliphatic heterocycles. The van der Waals surface area contributed by atoms with Crippen molar-refractivity contribution in [3.63, 3.8) is 0 Å². The summed E-state index contributed by atoms with van der Waals surface area (Å²) in [5.74, 6) is 0.145. The first-order chi connectivity index (χ1) is 11.5. The van der Waals surface area contributed by atoms with Crippen LogP contribution in [0, 0.1) is 25.2 Å². The fourth-order valence-corrected chi connectivity index (χ4v) is 2.65. The molecule has 1 aromatic heterocycles. The van der Waals surface area contributed by atoms with Crippen molar-refractivity contribution in [2.75, 3.05) is 11.5 Å². The zero-order chi connectivity index (χ0) is 17.3. The van der Waals surface area contributed by atoms with Crippen LogP contribution in [0.1, 0.15) is 16.7 Å². The van der Waals surface area contributed by atoms with Crippen molar-refractivity contribution in [3.8, 4) is 28.5 Å². The molecule has 118 valence electrons. The average Bonchev–Trinajstić information content (AvgIpc) is 2.57. The van der Waals surface area contributed by atoms with Gasteiger partial charge in [-0.15, -0.1) is 0 Å². The normalized spacial score (nSPS) is 10.4. The number of nitrogens with zero attached hydrogens (tertiary/aromatic N) is 3. The third-order valence-electron chi connectivity index (χ3n) is 4.07. The predicted octanol–water partition coefficient (Wildman–Crippen LogP) is 3.46. The molecular formula is C19H17N5. The molecule has 3 aromatic rings. The molecular weight excluding hydrogens is 298 g/mol. The minimum Gasteiger partial charge on any atom is -0.382 e. The number of nitrogen functional groups attached to an aromatic ring is 2. The smallest absolute Gasteiger partial charge is 0.222 e. The third kappa shape index (κ3) is 2.66. The predicted molar refractivity (Wildman–Crippen MR) is 95.9 cm³/mol. The highest BCUT2D eigenvalue weighted by atomic mass is 15.0. The van der Waals surface area contributed by atoms with E-state index in [1.165, 1.54) is 11.1 Å². The average molecular weight is 315 g/mol. The van der Waals surface area contributed by atoms with Crippen molar-refractivity contribution < 1.29 is 0 Å². The highest BCUT2D eigenvalue weighted by molar-refractivity contribution is 5.86. The third-order valence-corrected chi connectivity index (χ3v) is 4.07. The lowest BCUT2D eigenvalue weighted by atomic mass is 9.93. The van der Waals surface area contributed by atoms with Gasteiger partial charge in [-0.1, -0.05) is 42.5 Å². The molecule has 24 heavy (non-hydrogen) atoms. The Bertz CT molecular complexity index is 970. The molecule has 1 heterocycles. The second-order valence-corrected chi connectivity index (χ2v) is 5.65. The Balaban J connectivity index is 2.29. The minimum atomic E-state index is 0.0522. The lowest BCUT2D eigenvalue weighted by Gasteiger charge is -2.13. The molecule has 0 fully saturated rings. The number of hydrogen-bond donors (Lipinski definition) is 2. The van der Waals surface area contributed by atoms with Crippen LogP contribution in [-0.4, -0.2) is 9.97 Å². The van der Waals surface area contributed by atoms with Gasteiger partial charge in [0.2, 0.25) is 5.95 Å². The van der Waals surface area contributed by atoms with Gasteiger partial charge in [-0.05, 0) is 36.1 Å². The van der Waals surface area contributed by atoms with E-state index in [0.29, 0.717) is 5.69 Å². The SMILES string of the molecule is Cc1ccc(-c2ccccc2-c2nc(N)nc(N)c2C#N)cc1C. The molecule has 3 rings (SSSR count). The second-order valence-electron chi connectivity index (χ2n) is 5.65. The summed E-state index contributed by atoms with van der Waals surface area (Å²) in [7, 11) is 0. The zero-order valence-electron chi connectivity index (χ0n) is 13.5. The fourth-order valence-electron chi connectivity index (χ4n) is 2.65. The Morgan fingerprint density at radius 2 is 1.62 bits per heavy atom. The molecule has 0 radical (unpaired) electrons. The van der Waals surface area contributed by atoms with Crippen LogP contribution >= 0.6 is 0 Å². The van der Waals surface area contributed by atoms with Crippen LogP contribution in [-0.2, 0) is 0 Å². The first-order valence-corrected chi connectivity index (χ1v) is 7.51. The molecule has 0 saturated heterocycles. The summed E-state index contributed by atoms with van der Waals surface area (Å²) in [6, 6.07) is 16.1. The second kappa shape index (κ2) is 6.01. The fraction of sp³-hybridized carbons (Fsp3) is 0.105. The van der Waals surface area contributed by atoms with Crippen LogP contribution in [0.3, 0.4) is 0 Å². The first kappa shape index (κ1) is 15.5. The van der Waals surface area contributed by atoms with Gasteiger partial charge >= 0.3 is 0 Å². The molecule has 0 atom stereocenters. The molecule has 0 aliphatic rings. The summed E-state index contributed by atoms with van der Waals surface area (Å²) in [5, 5.41) is 9.44. The molecule has 4 N–H and O–H groups in total. The first-order valence-electron chi connectivity index (χ1n) is 7.51. The Hall–Kier alpha value is -3.39. The van der Waals surface area contributed by atoms with Crippen molar-refractivity contribution in [1.29, 1.82) is 5.26 Å². The van der Waals surface area contributed by atoms with Gasteiger partial charge in [0.25, 0.3) is 0 Å². The quantitative estimate of drug-likeness (QED) is 0.754. The molecule has 0 spiro atoms. The largest absolute Gasteiger partial charge is 0.382 e. The summed E-state index contributed by atoms with van der Waals surface area (Å²) in [5.41, 5.74) is 17.5. The molecule has 5 heteroatoms. The Morgan fingerprint density at radius 1 is 0.917 bits per heavy atom. The van der Waals surface area contributed by atoms with E-state index in [-0.39, 0.29) is 17.3 Å². The minimum absolute atomic E-state index is 0.0522. The van der Waals surface area contributed by atoms with E-state index >= 15 is 0 Å². The van der Waals surface area contributed by atoms with E-state index in [0.717, 1.165) is 16.7 Å². The van der Waals surface area contributed by atoms with Crippen LogP contribution in [0.2, 0.25) is 0 Å². The maximum atomic E-state index is 9.44. The van der Waals surface area contributed by atoms with E-state index in [9.17, 15) is 5.26 Å². The maximum Gasteiger partial charge on any atom is 0.222 e. The summed E-state index contributed by atoms with van der Waals surface area (Å²) in [4.78, 5) is 8.15. The Labute approximate surface area is 140 Å². The Kier molecular flexibility index (Phi) is 3.88. The van der Waals surface area contributed by atoms with Crippen LogP contribution in [0.5, 0.6) is 0 Å². The molecule has 2 aromatic carbocycles. The van der Waals surface area contributed by atoms with Crippen molar-refractivity contribution in [3.05, 3.63) is 59.2 Å². The number of anilines is 2. The number of hydrogen-bond acceptors (Lipinski definition) is 5. The van der Waals surface area contributed by atoms with Gasteiger partial charge in [-0.3, -0.25) is 0 Å². The topological polar surface area (TPSA) is 102 Å². The lowest BCUT2D eigenvalue weighted by Crippen LogP contribution is -2.05. The molecule has 0 amide bonds. The lowest BCUT2D eigenvalue weighted by molar-refractivity contribution is 1.18. The Morgan fingerprint density at radius 3 is 2.29 bits per heavy atom. The molecule has 0 unspecified atom stereocenters. The van der Waals surface area contributed by atoms with Gasteiger partial charge < -0.3 is 11.5 Å². The summed E-state index contributed by atoms with van der Waals surface area (Å²) in [6.45, 7) is 4.15. The van der Waals surface area contributed by atoms with Gasteiger partial charge in [-0.2, -0.15) is 10.2 Å². The number of aryl methyl sites for hydroxylation is 2. The summed E-state index contributed by atoms with van der Waals surface area (Å²) in [6.07, 6.45) is 0. The van der Waals surface area contributed by atoms with Crippen molar-refractivity contribution in [2.45, 2.75) is 13.8 Å². The van der Waals surface area contributed by atoms with Crippen molar-refractivity contribution >= 4 is 11.8 Å². The summed E-state index contributed by atoms with van der Waals surface area (Å²) >= 11 is 0. The van der Waals surface area contributed by atoms with E-state index in [1.807, 2.05) is 24.3 Å². The summed E-state index contributed by atoms with van der Waals surface area (Å²) < 4.78 is 0. The monoisotopic (exact) mass is 315 g/mol. The van der Waals surface area contributed by atoms with Crippen LogP contribution < -0.4 is 11.5 Å². The van der Waals surface area contributed by atoms with Gasteiger partial charge in [0.1, 0.15) is 17.5 Å². The van der Waals surface area contributed by atoms with Gasteiger partial charge in [0.15, 0.2) is 0 Å². The highest BCUT2D eigenvalue weighted by Crippen LogP contribution is 2.34. The van der Waals surface area contributed by atoms with Gasteiger partial charge in [0.05, 0.1) is 5.69 Å². The van der Waals surface area contributed by atoms with Crippen LogP contribution in [0.25, 0.3) is 22.4 Å².